The molecular formula is C15H29N3O. The number of carbonyl (C=O) groups excluding carboxylic acids is 1. The van der Waals surface area contributed by atoms with Crippen LogP contribution >= 0.6 is 0 Å². The lowest BCUT2D eigenvalue weighted by Crippen LogP contribution is -2.66. The van der Waals surface area contributed by atoms with E-state index in [1.54, 1.807) is 0 Å². The summed E-state index contributed by atoms with van der Waals surface area (Å²) in [5.74, 6) is 0.182. The van der Waals surface area contributed by atoms with Crippen molar-refractivity contribution >= 4 is 5.91 Å². The minimum Gasteiger partial charge on any atom is -0.353 e. The van der Waals surface area contributed by atoms with Gasteiger partial charge in [-0.25, -0.2) is 0 Å². The number of piperazine rings is 1. The third kappa shape index (κ3) is 3.29. The van der Waals surface area contributed by atoms with Crippen molar-refractivity contribution in [2.24, 2.45) is 0 Å². The van der Waals surface area contributed by atoms with Crippen LogP contribution in [0.1, 0.15) is 52.9 Å². The maximum absolute atomic E-state index is 12.3. The van der Waals surface area contributed by atoms with Crippen LogP contribution in [0, 0.1) is 0 Å². The first-order valence-electron chi connectivity index (χ1n) is 7.83. The molecule has 1 saturated carbocycles. The molecule has 2 N–H and O–H groups in total. The molecule has 0 aromatic heterocycles. The molecule has 4 nitrogen and oxygen atoms in total. The van der Waals surface area contributed by atoms with E-state index in [0.29, 0.717) is 0 Å². The standard InChI is InChI=1S/C15H29N3O/c1-12(2)17-14(19)13(3)18-10-9-16-11-15(18)7-5-4-6-8-15/h12-13,16H,4-11H2,1-3H3,(H,17,19). The number of amides is 1. The van der Waals surface area contributed by atoms with E-state index in [2.05, 4.69) is 22.5 Å². The Morgan fingerprint density at radius 2 is 1.89 bits per heavy atom. The topological polar surface area (TPSA) is 44.4 Å². The predicted octanol–water partition coefficient (Wildman–Crippen LogP) is 1.51. The van der Waals surface area contributed by atoms with Crippen molar-refractivity contribution in [3.63, 3.8) is 0 Å². The van der Waals surface area contributed by atoms with Crippen molar-refractivity contribution in [2.75, 3.05) is 19.6 Å². The molecule has 0 aromatic rings. The van der Waals surface area contributed by atoms with Gasteiger partial charge in [0.1, 0.15) is 0 Å². The van der Waals surface area contributed by atoms with Crippen LogP contribution in [0.2, 0.25) is 0 Å². The number of hydrogen-bond donors (Lipinski definition) is 2. The Morgan fingerprint density at radius 3 is 2.53 bits per heavy atom. The first kappa shape index (κ1) is 14.8. The van der Waals surface area contributed by atoms with Crippen LogP contribution in [0.25, 0.3) is 0 Å². The van der Waals surface area contributed by atoms with Gasteiger partial charge in [0.15, 0.2) is 0 Å². The Labute approximate surface area is 117 Å². The highest BCUT2D eigenvalue weighted by Gasteiger charge is 2.43. The molecule has 1 unspecified atom stereocenters. The lowest BCUT2D eigenvalue weighted by Gasteiger charge is -2.52. The van der Waals surface area contributed by atoms with Crippen LogP contribution in [0.4, 0.5) is 0 Å². The van der Waals surface area contributed by atoms with Crippen LogP contribution in [0.3, 0.4) is 0 Å². The molecule has 2 fully saturated rings. The largest absolute Gasteiger partial charge is 0.353 e. The van der Waals surface area contributed by atoms with Crippen molar-refractivity contribution in [2.45, 2.75) is 70.5 Å². The van der Waals surface area contributed by atoms with Gasteiger partial charge >= 0.3 is 0 Å². The van der Waals surface area contributed by atoms with E-state index in [1.807, 2.05) is 13.8 Å². The summed E-state index contributed by atoms with van der Waals surface area (Å²) in [5.41, 5.74) is 0.226. The Hall–Kier alpha value is -0.610. The van der Waals surface area contributed by atoms with Gasteiger partial charge in [-0.3, -0.25) is 9.69 Å². The second-order valence-electron chi connectivity index (χ2n) is 6.49. The van der Waals surface area contributed by atoms with Crippen LogP contribution in [0.5, 0.6) is 0 Å². The number of carbonyl (C=O) groups is 1. The zero-order valence-corrected chi connectivity index (χ0v) is 12.7. The van der Waals surface area contributed by atoms with Gasteiger partial charge in [0.05, 0.1) is 6.04 Å². The second-order valence-corrected chi connectivity index (χ2v) is 6.49. The fourth-order valence-corrected chi connectivity index (χ4v) is 3.68. The maximum atomic E-state index is 12.3. The minimum atomic E-state index is -0.0115. The molecule has 4 heteroatoms. The van der Waals surface area contributed by atoms with Gasteiger partial charge in [-0.05, 0) is 33.6 Å². The normalized spacial score (nSPS) is 25.5. The van der Waals surface area contributed by atoms with E-state index >= 15 is 0 Å². The van der Waals surface area contributed by atoms with Gasteiger partial charge in [-0.1, -0.05) is 19.3 Å². The predicted molar refractivity (Wildman–Crippen MR) is 78.1 cm³/mol. The maximum Gasteiger partial charge on any atom is 0.237 e. The summed E-state index contributed by atoms with van der Waals surface area (Å²) in [6, 6.07) is 0.211. The second kappa shape index (κ2) is 6.23. The van der Waals surface area contributed by atoms with Gasteiger partial charge in [0.2, 0.25) is 5.91 Å². The average Bonchev–Trinajstić information content (AvgIpc) is 2.38. The van der Waals surface area contributed by atoms with Gasteiger partial charge in [0.25, 0.3) is 0 Å². The molecule has 1 aliphatic heterocycles. The summed E-state index contributed by atoms with van der Waals surface area (Å²) < 4.78 is 0. The monoisotopic (exact) mass is 267 g/mol. The van der Waals surface area contributed by atoms with E-state index in [0.717, 1.165) is 19.6 Å². The van der Waals surface area contributed by atoms with E-state index < -0.39 is 0 Å². The lowest BCUT2D eigenvalue weighted by molar-refractivity contribution is -0.130. The molecule has 1 atom stereocenters. The summed E-state index contributed by atoms with van der Waals surface area (Å²) in [7, 11) is 0. The molecule has 1 saturated heterocycles. The molecule has 19 heavy (non-hydrogen) atoms. The molecule has 2 rings (SSSR count). The van der Waals surface area contributed by atoms with Crippen LogP contribution in [-0.4, -0.2) is 48.1 Å². The Balaban J connectivity index is 2.08. The zero-order valence-electron chi connectivity index (χ0n) is 12.7. The molecule has 0 radical (unpaired) electrons. The molecule has 110 valence electrons. The van der Waals surface area contributed by atoms with E-state index in [-0.39, 0.29) is 23.5 Å². The summed E-state index contributed by atoms with van der Waals surface area (Å²) >= 11 is 0. The molecule has 1 spiro atoms. The summed E-state index contributed by atoms with van der Waals surface area (Å²) in [4.78, 5) is 14.8. The van der Waals surface area contributed by atoms with Gasteiger partial charge < -0.3 is 10.6 Å². The van der Waals surface area contributed by atoms with E-state index in [4.69, 9.17) is 0 Å². The number of nitrogens with zero attached hydrogens (tertiary/aromatic N) is 1. The summed E-state index contributed by atoms with van der Waals surface area (Å²) in [5, 5.41) is 6.60. The van der Waals surface area contributed by atoms with Crippen molar-refractivity contribution < 1.29 is 4.79 Å². The molecule has 1 heterocycles. The third-order valence-electron chi connectivity index (χ3n) is 4.65. The quantitative estimate of drug-likeness (QED) is 0.814. The molecular weight excluding hydrogens is 238 g/mol. The summed E-state index contributed by atoms with van der Waals surface area (Å²) in [6.45, 7) is 9.16. The van der Waals surface area contributed by atoms with E-state index in [1.165, 1.54) is 32.1 Å². The fourth-order valence-electron chi connectivity index (χ4n) is 3.68. The fraction of sp³-hybridized carbons (Fsp3) is 0.933. The van der Waals surface area contributed by atoms with Crippen molar-refractivity contribution in [1.82, 2.24) is 15.5 Å². The number of hydrogen-bond acceptors (Lipinski definition) is 3. The van der Waals surface area contributed by atoms with Gasteiger partial charge in [-0.2, -0.15) is 0 Å². The molecule has 0 aromatic carbocycles. The number of rotatable bonds is 3. The number of nitrogens with one attached hydrogen (secondary N) is 2. The van der Waals surface area contributed by atoms with Crippen molar-refractivity contribution in [3.8, 4) is 0 Å². The SMILES string of the molecule is CC(C)NC(=O)C(C)N1CCNCC12CCCCC2. The minimum absolute atomic E-state index is 0.0115. The average molecular weight is 267 g/mol. The van der Waals surface area contributed by atoms with Crippen LogP contribution in [-0.2, 0) is 4.79 Å². The molecule has 0 bridgehead atoms. The first-order valence-corrected chi connectivity index (χ1v) is 7.83. The highest BCUT2D eigenvalue weighted by atomic mass is 16.2. The lowest BCUT2D eigenvalue weighted by atomic mass is 9.78. The zero-order chi connectivity index (χ0) is 13.9. The summed E-state index contributed by atoms with van der Waals surface area (Å²) in [6.07, 6.45) is 6.42. The van der Waals surface area contributed by atoms with E-state index in [9.17, 15) is 4.79 Å². The van der Waals surface area contributed by atoms with Gasteiger partial charge in [0, 0.05) is 31.2 Å². The van der Waals surface area contributed by atoms with Crippen LogP contribution in [0.15, 0.2) is 0 Å². The Kier molecular flexibility index (Phi) is 4.85. The van der Waals surface area contributed by atoms with Crippen molar-refractivity contribution in [1.29, 1.82) is 0 Å². The van der Waals surface area contributed by atoms with Gasteiger partial charge in [-0.15, -0.1) is 0 Å². The van der Waals surface area contributed by atoms with Crippen molar-refractivity contribution in [3.05, 3.63) is 0 Å². The molecule has 1 aliphatic carbocycles. The Morgan fingerprint density at radius 1 is 1.21 bits per heavy atom. The van der Waals surface area contributed by atoms with Crippen LogP contribution < -0.4 is 10.6 Å². The first-order chi connectivity index (χ1) is 9.05. The molecule has 2 aliphatic rings. The third-order valence-corrected chi connectivity index (χ3v) is 4.65. The molecule has 1 amide bonds. The highest BCUT2D eigenvalue weighted by molar-refractivity contribution is 5.81. The highest BCUT2D eigenvalue weighted by Crippen LogP contribution is 2.35. The smallest absolute Gasteiger partial charge is 0.237 e. The Bertz CT molecular complexity index is 302.